The van der Waals surface area contributed by atoms with Gasteiger partial charge in [0.1, 0.15) is 0 Å². The Morgan fingerprint density at radius 2 is 1.91 bits per heavy atom. The second-order valence-corrected chi connectivity index (χ2v) is 1.95. The van der Waals surface area contributed by atoms with Crippen LogP contribution in [0.3, 0.4) is 0 Å². The smallest absolute Gasteiger partial charge is 0.0376 e. The van der Waals surface area contributed by atoms with Gasteiger partial charge in [-0.3, -0.25) is 0 Å². The molecule has 0 aromatic heterocycles. The van der Waals surface area contributed by atoms with Gasteiger partial charge in [0.2, 0.25) is 0 Å². The zero-order valence-electron chi connectivity index (χ0n) is 8.22. The molecular weight excluding hydrogens is 132 g/mol. The van der Waals surface area contributed by atoms with Crippen molar-refractivity contribution < 1.29 is 0 Å². The highest BCUT2D eigenvalue weighted by molar-refractivity contribution is 5.19. The van der Waals surface area contributed by atoms with Crippen molar-refractivity contribution in [3.05, 3.63) is 36.5 Å². The first-order valence-electron chi connectivity index (χ1n) is 4.27. The Morgan fingerprint density at radius 1 is 1.36 bits per heavy atom. The van der Waals surface area contributed by atoms with Crippen molar-refractivity contribution in [3.8, 4) is 0 Å². The molecule has 0 amide bonds. The molecule has 0 saturated carbocycles. The second kappa shape index (κ2) is 12.0. The van der Waals surface area contributed by atoms with E-state index in [0.29, 0.717) is 0 Å². The SMILES string of the molecule is C=C/C(C)=C\C=C/CC.CC. The summed E-state index contributed by atoms with van der Waals surface area (Å²) in [4.78, 5) is 0. The van der Waals surface area contributed by atoms with Crippen LogP contribution in [0.25, 0.3) is 0 Å². The van der Waals surface area contributed by atoms with Gasteiger partial charge >= 0.3 is 0 Å². The standard InChI is InChI=1S/C9H14.C2H6/c1-4-6-7-8-9(3)5-2;1-2/h5-8H,2,4H2,1,3H3;1-2H3/b7-6-,9-8-;. The number of hydrogen-bond acceptors (Lipinski definition) is 0. The quantitative estimate of drug-likeness (QED) is 0.534. The van der Waals surface area contributed by atoms with Gasteiger partial charge in [0.05, 0.1) is 0 Å². The molecule has 0 unspecified atom stereocenters. The molecule has 0 heterocycles. The monoisotopic (exact) mass is 152 g/mol. The molecule has 0 aliphatic rings. The van der Waals surface area contributed by atoms with E-state index in [1.165, 1.54) is 5.57 Å². The van der Waals surface area contributed by atoms with Crippen molar-refractivity contribution >= 4 is 0 Å². The third kappa shape index (κ3) is 12.4. The molecule has 0 aromatic carbocycles. The molecule has 0 radical (unpaired) electrons. The van der Waals surface area contributed by atoms with Gasteiger partial charge in [-0.25, -0.2) is 0 Å². The zero-order chi connectivity index (χ0) is 9.11. The molecule has 0 nitrogen and oxygen atoms in total. The van der Waals surface area contributed by atoms with Crippen molar-refractivity contribution in [2.24, 2.45) is 0 Å². The summed E-state index contributed by atoms with van der Waals surface area (Å²) in [5.41, 5.74) is 1.21. The predicted octanol–water partition coefficient (Wildman–Crippen LogP) is 4.11. The molecule has 0 fully saturated rings. The Kier molecular flexibility index (Phi) is 14.0. The first-order chi connectivity index (χ1) is 5.31. The zero-order valence-corrected chi connectivity index (χ0v) is 8.22. The lowest BCUT2D eigenvalue weighted by Gasteiger charge is -1.82. The average Bonchev–Trinajstić information content (AvgIpc) is 2.08. The molecule has 64 valence electrons. The first-order valence-corrected chi connectivity index (χ1v) is 4.27. The second-order valence-electron chi connectivity index (χ2n) is 1.95. The van der Waals surface area contributed by atoms with Crippen LogP contribution in [-0.2, 0) is 0 Å². The molecule has 0 aromatic rings. The van der Waals surface area contributed by atoms with Crippen molar-refractivity contribution in [2.45, 2.75) is 34.1 Å². The molecule has 0 aliphatic heterocycles. The molecule has 0 N–H and O–H groups in total. The minimum Gasteiger partial charge on any atom is -0.0988 e. The van der Waals surface area contributed by atoms with Gasteiger partial charge in [-0.05, 0) is 13.3 Å². The summed E-state index contributed by atoms with van der Waals surface area (Å²) in [6, 6.07) is 0. The van der Waals surface area contributed by atoms with Gasteiger partial charge in [-0.1, -0.05) is 57.2 Å². The van der Waals surface area contributed by atoms with Crippen LogP contribution in [0.1, 0.15) is 34.1 Å². The Hall–Kier alpha value is -0.780. The maximum Gasteiger partial charge on any atom is -0.0376 e. The van der Waals surface area contributed by atoms with E-state index < -0.39 is 0 Å². The number of allylic oxidation sites excluding steroid dienone is 5. The largest absolute Gasteiger partial charge is 0.0988 e. The maximum atomic E-state index is 3.64. The lowest BCUT2D eigenvalue weighted by Crippen LogP contribution is -1.61. The Morgan fingerprint density at radius 3 is 2.27 bits per heavy atom. The summed E-state index contributed by atoms with van der Waals surface area (Å²) >= 11 is 0. The summed E-state index contributed by atoms with van der Waals surface area (Å²) in [5.74, 6) is 0. The predicted molar refractivity (Wildman–Crippen MR) is 54.7 cm³/mol. The van der Waals surface area contributed by atoms with Gasteiger partial charge in [0, 0.05) is 0 Å². The van der Waals surface area contributed by atoms with E-state index >= 15 is 0 Å². The van der Waals surface area contributed by atoms with Gasteiger partial charge < -0.3 is 0 Å². The first kappa shape index (κ1) is 12.9. The van der Waals surface area contributed by atoms with E-state index in [-0.39, 0.29) is 0 Å². The van der Waals surface area contributed by atoms with Gasteiger partial charge in [-0.15, -0.1) is 0 Å². The molecular formula is C11H20. The highest BCUT2D eigenvalue weighted by atomic mass is 13.8. The summed E-state index contributed by atoms with van der Waals surface area (Å²) < 4.78 is 0. The van der Waals surface area contributed by atoms with Crippen molar-refractivity contribution in [3.63, 3.8) is 0 Å². The summed E-state index contributed by atoms with van der Waals surface area (Å²) in [6.45, 7) is 11.8. The third-order valence-corrected chi connectivity index (χ3v) is 1.05. The van der Waals surface area contributed by atoms with Crippen LogP contribution in [0, 0.1) is 0 Å². The van der Waals surface area contributed by atoms with Crippen LogP contribution in [0.2, 0.25) is 0 Å². The van der Waals surface area contributed by atoms with E-state index in [2.05, 4.69) is 31.7 Å². The molecule has 0 spiro atoms. The fourth-order valence-corrected chi connectivity index (χ4v) is 0.424. The van der Waals surface area contributed by atoms with Crippen molar-refractivity contribution in [2.75, 3.05) is 0 Å². The highest BCUT2D eigenvalue weighted by Gasteiger charge is 1.71. The maximum absolute atomic E-state index is 3.64. The summed E-state index contributed by atoms with van der Waals surface area (Å²) in [6.07, 6.45) is 9.17. The van der Waals surface area contributed by atoms with Crippen LogP contribution in [-0.4, -0.2) is 0 Å². The Balaban J connectivity index is 0. The molecule has 11 heavy (non-hydrogen) atoms. The van der Waals surface area contributed by atoms with Crippen LogP contribution in [0.5, 0.6) is 0 Å². The van der Waals surface area contributed by atoms with Crippen molar-refractivity contribution in [1.82, 2.24) is 0 Å². The van der Waals surface area contributed by atoms with Gasteiger partial charge in [0.15, 0.2) is 0 Å². The molecule has 0 aliphatic carbocycles. The molecule has 0 bridgehead atoms. The summed E-state index contributed by atoms with van der Waals surface area (Å²) in [7, 11) is 0. The van der Waals surface area contributed by atoms with Gasteiger partial charge in [0.25, 0.3) is 0 Å². The van der Waals surface area contributed by atoms with Crippen LogP contribution in [0.4, 0.5) is 0 Å². The molecule has 0 saturated heterocycles. The topological polar surface area (TPSA) is 0 Å². The molecule has 0 rings (SSSR count). The van der Waals surface area contributed by atoms with E-state index in [1.54, 1.807) is 0 Å². The van der Waals surface area contributed by atoms with E-state index in [9.17, 15) is 0 Å². The van der Waals surface area contributed by atoms with Crippen LogP contribution >= 0.6 is 0 Å². The normalized spacial score (nSPS) is 10.7. The minimum absolute atomic E-state index is 1.10. The number of rotatable bonds is 3. The molecule has 0 atom stereocenters. The van der Waals surface area contributed by atoms with Crippen LogP contribution in [0.15, 0.2) is 36.5 Å². The third-order valence-electron chi connectivity index (χ3n) is 1.05. The van der Waals surface area contributed by atoms with Crippen molar-refractivity contribution in [1.29, 1.82) is 0 Å². The minimum atomic E-state index is 1.10. The van der Waals surface area contributed by atoms with Gasteiger partial charge in [-0.2, -0.15) is 0 Å². The fourth-order valence-electron chi connectivity index (χ4n) is 0.424. The Bertz CT molecular complexity index is 127. The van der Waals surface area contributed by atoms with E-state index in [1.807, 2.05) is 26.8 Å². The van der Waals surface area contributed by atoms with E-state index in [4.69, 9.17) is 0 Å². The fraction of sp³-hybridized carbons (Fsp3) is 0.455. The van der Waals surface area contributed by atoms with E-state index in [0.717, 1.165) is 6.42 Å². The number of hydrogen-bond donors (Lipinski definition) is 0. The lowest BCUT2D eigenvalue weighted by atomic mass is 10.2. The highest BCUT2D eigenvalue weighted by Crippen LogP contribution is 1.92. The average molecular weight is 152 g/mol. The Labute approximate surface area is 71.3 Å². The van der Waals surface area contributed by atoms with Crippen LogP contribution < -0.4 is 0 Å². The lowest BCUT2D eigenvalue weighted by molar-refractivity contribution is 1.22. The molecule has 0 heteroatoms. The summed E-state index contributed by atoms with van der Waals surface area (Å²) in [5, 5.41) is 0.